The Balaban J connectivity index is 3.49. The highest BCUT2D eigenvalue weighted by Crippen LogP contribution is 1.99. The molecular weight excluding hydrogens is 228 g/mol. The molecular formula is C10H23O3SSi. The van der Waals surface area contributed by atoms with Crippen LogP contribution < -0.4 is 0 Å². The first-order valence-electron chi connectivity index (χ1n) is 5.71. The second-order valence-corrected chi connectivity index (χ2v) is 5.04. The van der Waals surface area contributed by atoms with Gasteiger partial charge >= 0.3 is 9.53 Å². The van der Waals surface area contributed by atoms with Gasteiger partial charge in [0.25, 0.3) is 0 Å². The van der Waals surface area contributed by atoms with Crippen LogP contribution in [0.1, 0.15) is 39.5 Å². The van der Waals surface area contributed by atoms with Crippen LogP contribution in [-0.4, -0.2) is 35.1 Å². The second kappa shape index (κ2) is 12.5. The van der Waals surface area contributed by atoms with E-state index < -0.39 is 9.53 Å². The molecule has 15 heavy (non-hydrogen) atoms. The summed E-state index contributed by atoms with van der Waals surface area (Å²) in [6.45, 7) is 6.35. The zero-order chi connectivity index (χ0) is 11.4. The lowest BCUT2D eigenvalue weighted by molar-refractivity contribution is 0.0922. The van der Waals surface area contributed by atoms with Crippen molar-refractivity contribution in [3.05, 3.63) is 0 Å². The van der Waals surface area contributed by atoms with Gasteiger partial charge in [-0.3, -0.25) is 0 Å². The summed E-state index contributed by atoms with van der Waals surface area (Å²) in [5.41, 5.74) is 0. The average Bonchev–Trinajstić information content (AvgIpc) is 2.27. The van der Waals surface area contributed by atoms with Crippen molar-refractivity contribution >= 4 is 22.2 Å². The van der Waals surface area contributed by atoms with Gasteiger partial charge < -0.3 is 13.3 Å². The van der Waals surface area contributed by atoms with Crippen molar-refractivity contribution in [2.45, 2.75) is 39.5 Å². The van der Waals surface area contributed by atoms with E-state index in [0.717, 1.165) is 51.3 Å². The standard InChI is InChI=1S/C10H23O3SSi/c1-3-7-11-15(12-8-4-2)13-9-5-6-10-14/h14H,3-10H2,1-2H3. The van der Waals surface area contributed by atoms with Crippen LogP contribution in [0.25, 0.3) is 0 Å². The number of unbranched alkanes of at least 4 members (excludes halogenated alkanes) is 1. The molecule has 0 aliphatic heterocycles. The summed E-state index contributed by atoms with van der Waals surface area (Å²) in [5, 5.41) is 0. The highest BCUT2D eigenvalue weighted by Gasteiger charge is 2.17. The minimum Gasteiger partial charge on any atom is -0.371 e. The molecule has 0 heterocycles. The van der Waals surface area contributed by atoms with E-state index in [4.69, 9.17) is 13.3 Å². The number of thiol groups is 1. The molecule has 1 radical (unpaired) electrons. The van der Waals surface area contributed by atoms with E-state index in [9.17, 15) is 0 Å². The molecule has 0 amide bonds. The minimum atomic E-state index is -1.48. The smallest absolute Gasteiger partial charge is 0.371 e. The molecule has 3 nitrogen and oxygen atoms in total. The molecule has 91 valence electrons. The molecule has 0 atom stereocenters. The van der Waals surface area contributed by atoms with E-state index in [-0.39, 0.29) is 0 Å². The molecule has 0 bridgehead atoms. The molecule has 0 spiro atoms. The van der Waals surface area contributed by atoms with Crippen molar-refractivity contribution in [1.82, 2.24) is 0 Å². The quantitative estimate of drug-likeness (QED) is 0.347. The van der Waals surface area contributed by atoms with Crippen LogP contribution in [-0.2, 0) is 13.3 Å². The number of hydrogen-bond donors (Lipinski definition) is 1. The van der Waals surface area contributed by atoms with Gasteiger partial charge in [0, 0.05) is 19.8 Å². The van der Waals surface area contributed by atoms with Gasteiger partial charge in [-0.15, -0.1) is 0 Å². The molecule has 0 fully saturated rings. The van der Waals surface area contributed by atoms with Crippen molar-refractivity contribution in [1.29, 1.82) is 0 Å². The Morgan fingerprint density at radius 3 is 1.87 bits per heavy atom. The van der Waals surface area contributed by atoms with E-state index in [1.807, 2.05) is 0 Å². The molecule has 0 aromatic heterocycles. The Kier molecular flexibility index (Phi) is 12.9. The zero-order valence-corrected chi connectivity index (χ0v) is 11.7. The third-order valence-electron chi connectivity index (χ3n) is 1.62. The largest absolute Gasteiger partial charge is 0.577 e. The van der Waals surface area contributed by atoms with Crippen LogP contribution in [0.2, 0.25) is 0 Å². The summed E-state index contributed by atoms with van der Waals surface area (Å²) in [7, 11) is -1.48. The lowest BCUT2D eigenvalue weighted by Gasteiger charge is -2.13. The van der Waals surface area contributed by atoms with Gasteiger partial charge in [-0.1, -0.05) is 13.8 Å². The molecule has 0 aromatic carbocycles. The maximum atomic E-state index is 5.57. The lowest BCUT2D eigenvalue weighted by Crippen LogP contribution is -2.28. The molecule has 0 saturated heterocycles. The highest BCUT2D eigenvalue weighted by molar-refractivity contribution is 7.80. The fourth-order valence-electron chi connectivity index (χ4n) is 0.865. The Morgan fingerprint density at radius 2 is 1.40 bits per heavy atom. The third kappa shape index (κ3) is 10.7. The van der Waals surface area contributed by atoms with E-state index >= 15 is 0 Å². The lowest BCUT2D eigenvalue weighted by atomic mass is 10.4. The summed E-state index contributed by atoms with van der Waals surface area (Å²) in [5.74, 6) is 0.914. The topological polar surface area (TPSA) is 27.7 Å². The molecule has 0 aromatic rings. The van der Waals surface area contributed by atoms with Crippen LogP contribution in [0, 0.1) is 0 Å². The van der Waals surface area contributed by atoms with Crippen LogP contribution in [0.15, 0.2) is 0 Å². The highest BCUT2D eigenvalue weighted by atomic mass is 32.1. The summed E-state index contributed by atoms with van der Waals surface area (Å²) >= 11 is 4.15. The minimum absolute atomic E-state index is 0.724. The Bertz CT molecular complexity index is 119. The molecule has 5 heteroatoms. The summed E-state index contributed by atoms with van der Waals surface area (Å²) < 4.78 is 16.6. The van der Waals surface area contributed by atoms with Crippen molar-refractivity contribution in [2.75, 3.05) is 25.6 Å². The van der Waals surface area contributed by atoms with E-state index in [1.54, 1.807) is 0 Å². The first kappa shape index (κ1) is 15.4. The monoisotopic (exact) mass is 251 g/mol. The number of rotatable bonds is 11. The molecule has 0 N–H and O–H groups in total. The fourth-order valence-corrected chi connectivity index (χ4v) is 2.39. The average molecular weight is 251 g/mol. The SMILES string of the molecule is CCCO[Si](OCCC)OCCCCS. The molecule has 0 unspecified atom stereocenters. The van der Waals surface area contributed by atoms with Crippen LogP contribution >= 0.6 is 12.6 Å². The van der Waals surface area contributed by atoms with Crippen LogP contribution in [0.4, 0.5) is 0 Å². The van der Waals surface area contributed by atoms with Gasteiger partial charge in [0.1, 0.15) is 0 Å². The predicted molar refractivity (Wildman–Crippen MR) is 67.3 cm³/mol. The van der Waals surface area contributed by atoms with E-state index in [0.29, 0.717) is 0 Å². The van der Waals surface area contributed by atoms with E-state index in [2.05, 4.69) is 26.5 Å². The fraction of sp³-hybridized carbons (Fsp3) is 1.00. The van der Waals surface area contributed by atoms with Gasteiger partial charge in [-0.2, -0.15) is 12.6 Å². The van der Waals surface area contributed by atoms with Gasteiger partial charge in [0.15, 0.2) is 0 Å². The zero-order valence-electron chi connectivity index (χ0n) is 9.83. The maximum Gasteiger partial charge on any atom is 0.577 e. The second-order valence-electron chi connectivity index (χ2n) is 3.23. The van der Waals surface area contributed by atoms with E-state index in [1.165, 1.54) is 0 Å². The normalized spacial score (nSPS) is 11.2. The van der Waals surface area contributed by atoms with Gasteiger partial charge in [0.05, 0.1) is 0 Å². The summed E-state index contributed by atoms with van der Waals surface area (Å²) in [4.78, 5) is 0. The molecule has 0 aliphatic rings. The first-order valence-corrected chi connectivity index (χ1v) is 7.57. The van der Waals surface area contributed by atoms with Gasteiger partial charge in [-0.25, -0.2) is 0 Å². The Labute approximate surface area is 101 Å². The summed E-state index contributed by atoms with van der Waals surface area (Å²) in [6, 6.07) is 0. The Hall–Kier alpha value is 0.447. The van der Waals surface area contributed by atoms with Crippen molar-refractivity contribution in [3.63, 3.8) is 0 Å². The first-order chi connectivity index (χ1) is 7.35. The van der Waals surface area contributed by atoms with Crippen LogP contribution in [0.3, 0.4) is 0 Å². The van der Waals surface area contributed by atoms with Crippen molar-refractivity contribution in [2.24, 2.45) is 0 Å². The third-order valence-corrected chi connectivity index (χ3v) is 3.26. The molecule has 0 saturated carbocycles. The number of hydrogen-bond acceptors (Lipinski definition) is 4. The maximum absolute atomic E-state index is 5.57. The van der Waals surface area contributed by atoms with Crippen LogP contribution in [0.5, 0.6) is 0 Å². The van der Waals surface area contributed by atoms with Crippen molar-refractivity contribution in [3.8, 4) is 0 Å². The Morgan fingerprint density at radius 1 is 0.867 bits per heavy atom. The predicted octanol–water partition coefficient (Wildman–Crippen LogP) is 2.55. The summed E-state index contributed by atoms with van der Waals surface area (Å²) in [6.07, 6.45) is 4.12. The van der Waals surface area contributed by atoms with Gasteiger partial charge in [-0.05, 0) is 31.4 Å². The molecule has 0 rings (SSSR count). The van der Waals surface area contributed by atoms with Gasteiger partial charge in [0.2, 0.25) is 0 Å². The van der Waals surface area contributed by atoms with Crippen molar-refractivity contribution < 1.29 is 13.3 Å². The molecule has 0 aliphatic carbocycles.